The topological polar surface area (TPSA) is 63.3 Å². The summed E-state index contributed by atoms with van der Waals surface area (Å²) in [6, 6.07) is 0. The minimum Gasteiger partial charge on any atom is -0.379 e. The highest BCUT2D eigenvalue weighted by molar-refractivity contribution is 7.98. The first kappa shape index (κ1) is 8.78. The van der Waals surface area contributed by atoms with Gasteiger partial charge in [-0.25, -0.2) is 0 Å². The van der Waals surface area contributed by atoms with Crippen LogP contribution in [0.1, 0.15) is 6.92 Å². The third-order valence-corrected chi connectivity index (χ3v) is 1.81. The predicted molar refractivity (Wildman–Crippen MR) is 38.2 cm³/mol. The van der Waals surface area contributed by atoms with Crippen molar-refractivity contribution in [3.05, 3.63) is 0 Å². The molecule has 4 heteroatoms. The van der Waals surface area contributed by atoms with Crippen LogP contribution in [0, 0.1) is 0 Å². The van der Waals surface area contributed by atoms with Crippen LogP contribution in [0.4, 0.5) is 0 Å². The van der Waals surface area contributed by atoms with Crippen LogP contribution in [0.5, 0.6) is 0 Å². The van der Waals surface area contributed by atoms with E-state index in [0.29, 0.717) is 5.75 Å². The van der Waals surface area contributed by atoms with E-state index in [4.69, 9.17) is 10.8 Å². The van der Waals surface area contributed by atoms with Crippen molar-refractivity contribution in [1.29, 1.82) is 0 Å². The first-order chi connectivity index (χ1) is 4.00. The number of carbonyl (C=O) groups excluding carboxylic acids is 1. The number of rotatable bonds is 3. The van der Waals surface area contributed by atoms with Gasteiger partial charge in [0.1, 0.15) is 5.60 Å². The number of thioether (sulfide) groups is 1. The van der Waals surface area contributed by atoms with Crippen molar-refractivity contribution in [2.45, 2.75) is 12.5 Å². The second-order valence-electron chi connectivity index (χ2n) is 2.07. The summed E-state index contributed by atoms with van der Waals surface area (Å²) in [5, 5.41) is 9.10. The van der Waals surface area contributed by atoms with Gasteiger partial charge in [-0.05, 0) is 13.2 Å². The quantitative estimate of drug-likeness (QED) is 0.573. The molecule has 0 aromatic carbocycles. The van der Waals surface area contributed by atoms with Gasteiger partial charge in [0.05, 0.1) is 0 Å². The molecule has 1 unspecified atom stereocenters. The van der Waals surface area contributed by atoms with Gasteiger partial charge in [-0.3, -0.25) is 4.79 Å². The lowest BCUT2D eigenvalue weighted by molar-refractivity contribution is -0.132. The molecule has 3 nitrogen and oxygen atoms in total. The van der Waals surface area contributed by atoms with Crippen molar-refractivity contribution in [3.8, 4) is 0 Å². The highest BCUT2D eigenvalue weighted by atomic mass is 32.2. The Labute approximate surface area is 58.6 Å². The van der Waals surface area contributed by atoms with Crippen molar-refractivity contribution < 1.29 is 9.90 Å². The minimum absolute atomic E-state index is 0.350. The summed E-state index contributed by atoms with van der Waals surface area (Å²) in [7, 11) is 0. The van der Waals surface area contributed by atoms with Crippen molar-refractivity contribution >= 4 is 17.7 Å². The molecule has 0 saturated heterocycles. The van der Waals surface area contributed by atoms with E-state index in [9.17, 15) is 4.79 Å². The average molecular weight is 149 g/mol. The molecule has 0 aromatic heterocycles. The maximum atomic E-state index is 10.4. The third-order valence-electron chi connectivity index (χ3n) is 0.956. The second-order valence-corrected chi connectivity index (χ2v) is 2.94. The van der Waals surface area contributed by atoms with E-state index in [2.05, 4.69) is 0 Å². The van der Waals surface area contributed by atoms with Gasteiger partial charge in [-0.15, -0.1) is 0 Å². The Balaban J connectivity index is 3.85. The number of carbonyl (C=O) groups is 1. The summed E-state index contributed by atoms with van der Waals surface area (Å²) in [5.41, 5.74) is 3.51. The maximum absolute atomic E-state index is 10.4. The zero-order chi connectivity index (χ0) is 7.49. The van der Waals surface area contributed by atoms with Crippen LogP contribution in [0.2, 0.25) is 0 Å². The number of primary amides is 1. The summed E-state index contributed by atoms with van der Waals surface area (Å²) in [5.74, 6) is -0.320. The summed E-state index contributed by atoms with van der Waals surface area (Å²) in [6.07, 6.45) is 1.80. The van der Waals surface area contributed by atoms with Crippen LogP contribution in [0.15, 0.2) is 0 Å². The largest absolute Gasteiger partial charge is 0.379 e. The predicted octanol–water partition coefficient (Wildman–Crippen LogP) is -0.414. The Kier molecular flexibility index (Phi) is 3.00. The van der Waals surface area contributed by atoms with Crippen LogP contribution in [-0.4, -0.2) is 28.6 Å². The lowest BCUT2D eigenvalue weighted by Crippen LogP contribution is -2.43. The third kappa shape index (κ3) is 2.72. The molecule has 1 amide bonds. The lowest BCUT2D eigenvalue weighted by atomic mass is 10.1. The van der Waals surface area contributed by atoms with Gasteiger partial charge in [0.25, 0.3) is 0 Å². The molecule has 0 saturated carbocycles. The summed E-state index contributed by atoms with van der Waals surface area (Å²) in [4.78, 5) is 10.4. The summed E-state index contributed by atoms with van der Waals surface area (Å²) >= 11 is 1.39. The van der Waals surface area contributed by atoms with Gasteiger partial charge in [0.15, 0.2) is 0 Å². The number of aliphatic hydroxyl groups is 1. The highest BCUT2D eigenvalue weighted by Crippen LogP contribution is 2.08. The van der Waals surface area contributed by atoms with Crippen LogP contribution < -0.4 is 5.73 Å². The van der Waals surface area contributed by atoms with Crippen molar-refractivity contribution in [2.24, 2.45) is 5.73 Å². The Morgan fingerprint density at radius 1 is 1.89 bits per heavy atom. The Hall–Kier alpha value is -0.220. The van der Waals surface area contributed by atoms with Gasteiger partial charge in [-0.2, -0.15) is 11.8 Å². The molecule has 0 aliphatic carbocycles. The highest BCUT2D eigenvalue weighted by Gasteiger charge is 2.26. The molecule has 0 spiro atoms. The molecule has 0 rings (SSSR count). The first-order valence-electron chi connectivity index (χ1n) is 2.52. The maximum Gasteiger partial charge on any atom is 0.249 e. The van der Waals surface area contributed by atoms with Crippen molar-refractivity contribution in [3.63, 3.8) is 0 Å². The SMILES string of the molecule is CSCC(C)(O)C(N)=O. The van der Waals surface area contributed by atoms with E-state index in [1.165, 1.54) is 18.7 Å². The molecule has 0 heterocycles. The Bertz CT molecular complexity index is 114. The van der Waals surface area contributed by atoms with Crippen LogP contribution in [-0.2, 0) is 4.79 Å². The average Bonchev–Trinajstić information content (AvgIpc) is 1.65. The molecule has 54 valence electrons. The van der Waals surface area contributed by atoms with E-state index in [1.807, 2.05) is 0 Å². The van der Waals surface area contributed by atoms with Crippen molar-refractivity contribution in [1.82, 2.24) is 0 Å². The molecular formula is C5H11NO2S. The van der Waals surface area contributed by atoms with Gasteiger partial charge in [0.2, 0.25) is 5.91 Å². The van der Waals surface area contributed by atoms with E-state index < -0.39 is 11.5 Å². The smallest absolute Gasteiger partial charge is 0.249 e. The fourth-order valence-electron chi connectivity index (χ4n) is 0.352. The van der Waals surface area contributed by atoms with Crippen LogP contribution in [0.3, 0.4) is 0 Å². The van der Waals surface area contributed by atoms with Gasteiger partial charge >= 0.3 is 0 Å². The normalized spacial score (nSPS) is 16.8. The van der Waals surface area contributed by atoms with E-state index >= 15 is 0 Å². The molecule has 0 fully saturated rings. The number of nitrogens with two attached hydrogens (primary N) is 1. The van der Waals surface area contributed by atoms with Gasteiger partial charge in [0, 0.05) is 5.75 Å². The molecular weight excluding hydrogens is 138 g/mol. The zero-order valence-electron chi connectivity index (χ0n) is 5.55. The molecule has 0 radical (unpaired) electrons. The Morgan fingerprint density at radius 3 is 2.44 bits per heavy atom. The fourth-order valence-corrected chi connectivity index (χ4v) is 1.06. The fraction of sp³-hybridized carbons (Fsp3) is 0.800. The second kappa shape index (κ2) is 3.08. The minimum atomic E-state index is -1.35. The number of amides is 1. The summed E-state index contributed by atoms with van der Waals surface area (Å²) in [6.45, 7) is 1.41. The number of hydrogen-bond donors (Lipinski definition) is 2. The summed E-state index contributed by atoms with van der Waals surface area (Å²) < 4.78 is 0. The monoisotopic (exact) mass is 149 g/mol. The molecule has 9 heavy (non-hydrogen) atoms. The molecule has 0 bridgehead atoms. The van der Waals surface area contributed by atoms with Crippen molar-refractivity contribution in [2.75, 3.05) is 12.0 Å². The number of hydrogen-bond acceptors (Lipinski definition) is 3. The van der Waals surface area contributed by atoms with Gasteiger partial charge < -0.3 is 10.8 Å². The molecule has 1 atom stereocenters. The van der Waals surface area contributed by atoms with E-state index in [0.717, 1.165) is 0 Å². The van der Waals surface area contributed by atoms with Crippen LogP contribution in [0.25, 0.3) is 0 Å². The van der Waals surface area contributed by atoms with Gasteiger partial charge in [-0.1, -0.05) is 0 Å². The molecule has 3 N–H and O–H groups in total. The van der Waals surface area contributed by atoms with E-state index in [-0.39, 0.29) is 0 Å². The standard InChI is InChI=1S/C5H11NO2S/c1-5(8,3-9-2)4(6)7/h8H,3H2,1-2H3,(H2,6,7). The molecule has 0 aliphatic heterocycles. The van der Waals surface area contributed by atoms with Crippen LogP contribution >= 0.6 is 11.8 Å². The van der Waals surface area contributed by atoms with E-state index in [1.54, 1.807) is 6.26 Å². The first-order valence-corrected chi connectivity index (χ1v) is 3.91. The lowest BCUT2D eigenvalue weighted by Gasteiger charge is -2.16. The molecule has 0 aliphatic rings. The Morgan fingerprint density at radius 2 is 2.33 bits per heavy atom. The molecule has 0 aromatic rings. The zero-order valence-corrected chi connectivity index (χ0v) is 6.36.